The van der Waals surface area contributed by atoms with Crippen molar-refractivity contribution in [3.05, 3.63) is 28.7 Å². The summed E-state index contributed by atoms with van der Waals surface area (Å²) >= 11 is 3.19. The van der Waals surface area contributed by atoms with E-state index < -0.39 is 34.7 Å². The quantitative estimate of drug-likeness (QED) is 0.788. The fraction of sp³-hybridized carbons (Fsp3) is 0.333. The van der Waals surface area contributed by atoms with Gasteiger partial charge in [-0.1, -0.05) is 15.9 Å². The van der Waals surface area contributed by atoms with Gasteiger partial charge in [0.15, 0.2) is 0 Å². The van der Waals surface area contributed by atoms with E-state index in [1.807, 2.05) is 0 Å². The molecular weight excluding hydrogens is 380 g/mol. The number of aliphatic carboxylic acids is 1. The first-order chi connectivity index (χ1) is 10.2. The molecule has 1 heterocycles. The van der Waals surface area contributed by atoms with E-state index in [0.29, 0.717) is 4.47 Å². The molecule has 8 nitrogen and oxygen atoms in total. The van der Waals surface area contributed by atoms with Gasteiger partial charge >= 0.3 is 12.1 Å². The average molecular weight is 393 g/mol. The maximum absolute atomic E-state index is 12.6. The van der Waals surface area contributed by atoms with Gasteiger partial charge in [0.1, 0.15) is 6.04 Å². The number of sulfonamides is 1. The Labute approximate surface area is 135 Å². The van der Waals surface area contributed by atoms with Gasteiger partial charge in [-0.15, -0.1) is 0 Å². The molecule has 1 amide bonds. The third-order valence-electron chi connectivity index (χ3n) is 3.31. The number of carboxylic acid groups (broad SMARTS) is 2. The number of hydrogen-bond donors (Lipinski definition) is 2. The third-order valence-corrected chi connectivity index (χ3v) is 5.76. The molecule has 0 saturated carbocycles. The zero-order valence-corrected chi connectivity index (χ0v) is 13.6. The van der Waals surface area contributed by atoms with E-state index in [4.69, 9.17) is 5.11 Å². The highest BCUT2D eigenvalue weighted by molar-refractivity contribution is 9.10. The zero-order chi connectivity index (χ0) is 16.5. The summed E-state index contributed by atoms with van der Waals surface area (Å²) in [4.78, 5) is 23.1. The van der Waals surface area contributed by atoms with E-state index >= 15 is 0 Å². The number of rotatable bonds is 3. The van der Waals surface area contributed by atoms with Crippen molar-refractivity contribution < 1.29 is 28.2 Å². The summed E-state index contributed by atoms with van der Waals surface area (Å²) in [7, 11) is -4.01. The van der Waals surface area contributed by atoms with Gasteiger partial charge in [0, 0.05) is 17.6 Å². The van der Waals surface area contributed by atoms with Crippen molar-refractivity contribution in [1.29, 1.82) is 0 Å². The molecule has 0 radical (unpaired) electrons. The molecule has 1 aliphatic rings. The van der Waals surface area contributed by atoms with Crippen LogP contribution in [0, 0.1) is 0 Å². The second kappa shape index (κ2) is 6.23. The van der Waals surface area contributed by atoms with Crippen LogP contribution in [0.1, 0.15) is 0 Å². The minimum Gasteiger partial charge on any atom is -0.480 e. The first-order valence-electron chi connectivity index (χ1n) is 6.21. The highest BCUT2D eigenvalue weighted by atomic mass is 79.9. The van der Waals surface area contributed by atoms with E-state index in [1.54, 1.807) is 0 Å². The lowest BCUT2D eigenvalue weighted by molar-refractivity contribution is -0.142. The summed E-state index contributed by atoms with van der Waals surface area (Å²) in [6.07, 6.45) is -1.27. The lowest BCUT2D eigenvalue weighted by atomic mass is 10.2. The average Bonchev–Trinajstić information content (AvgIpc) is 2.46. The lowest BCUT2D eigenvalue weighted by Crippen LogP contribution is -2.59. The van der Waals surface area contributed by atoms with Crippen LogP contribution >= 0.6 is 15.9 Å². The molecular formula is C12H13BrN2O6S. The molecule has 0 unspecified atom stereocenters. The predicted octanol–water partition coefficient (Wildman–Crippen LogP) is 0.887. The maximum Gasteiger partial charge on any atom is 0.407 e. The summed E-state index contributed by atoms with van der Waals surface area (Å²) in [6.45, 7) is -0.684. The fourth-order valence-electron chi connectivity index (χ4n) is 2.17. The largest absolute Gasteiger partial charge is 0.480 e. The standard InChI is InChI=1S/C12H13BrN2O6S/c13-8-1-3-9(4-2-8)22(20,21)15-6-5-14(12(18)19)7-10(15)11(16)17/h1-4,10H,5-7H2,(H,16,17)(H,18,19)/t10-/m1/s1. The molecule has 1 aromatic rings. The molecule has 1 atom stereocenters. The summed E-state index contributed by atoms with van der Waals surface area (Å²) < 4.78 is 26.7. The Morgan fingerprint density at radius 2 is 1.73 bits per heavy atom. The van der Waals surface area contributed by atoms with Gasteiger partial charge in [0.2, 0.25) is 10.0 Å². The molecule has 2 rings (SSSR count). The topological polar surface area (TPSA) is 115 Å². The number of hydrogen-bond acceptors (Lipinski definition) is 4. The lowest BCUT2D eigenvalue weighted by Gasteiger charge is -2.37. The van der Waals surface area contributed by atoms with Crippen LogP contribution in [0.4, 0.5) is 4.79 Å². The summed E-state index contributed by atoms with van der Waals surface area (Å²) in [5.41, 5.74) is 0. The minimum absolute atomic E-state index is 0.0364. The summed E-state index contributed by atoms with van der Waals surface area (Å²) in [6, 6.07) is 4.36. The molecule has 120 valence electrons. The fourth-order valence-corrected chi connectivity index (χ4v) is 4.00. The second-order valence-electron chi connectivity index (χ2n) is 4.65. The van der Waals surface area contributed by atoms with Gasteiger partial charge in [-0.3, -0.25) is 4.79 Å². The first kappa shape index (κ1) is 16.7. The Balaban J connectivity index is 2.35. The minimum atomic E-state index is -4.01. The second-order valence-corrected chi connectivity index (χ2v) is 7.46. The zero-order valence-electron chi connectivity index (χ0n) is 11.2. The molecule has 1 saturated heterocycles. The molecule has 1 aliphatic heterocycles. The number of carboxylic acids is 1. The Morgan fingerprint density at radius 1 is 1.14 bits per heavy atom. The third kappa shape index (κ3) is 3.23. The smallest absolute Gasteiger partial charge is 0.407 e. The molecule has 0 aromatic heterocycles. The maximum atomic E-state index is 12.6. The van der Waals surface area contributed by atoms with Gasteiger partial charge in [-0.25, -0.2) is 13.2 Å². The number of amides is 1. The van der Waals surface area contributed by atoms with Crippen LogP contribution in [0.2, 0.25) is 0 Å². The van der Waals surface area contributed by atoms with Crippen LogP contribution in [-0.2, 0) is 14.8 Å². The van der Waals surface area contributed by atoms with Crippen LogP contribution in [0.3, 0.4) is 0 Å². The normalized spacial score (nSPS) is 19.9. The summed E-state index contributed by atoms with van der Waals surface area (Å²) in [5.74, 6) is -1.38. The van der Waals surface area contributed by atoms with E-state index in [0.717, 1.165) is 9.21 Å². The molecule has 10 heteroatoms. The number of piperazine rings is 1. The molecule has 1 fully saturated rings. The van der Waals surface area contributed by atoms with Crippen LogP contribution in [0.5, 0.6) is 0 Å². The Bertz CT molecular complexity index is 690. The van der Waals surface area contributed by atoms with Gasteiger partial charge in [-0.2, -0.15) is 4.31 Å². The van der Waals surface area contributed by atoms with Crippen LogP contribution in [-0.4, -0.2) is 65.6 Å². The van der Waals surface area contributed by atoms with E-state index in [2.05, 4.69) is 15.9 Å². The van der Waals surface area contributed by atoms with Crippen molar-refractivity contribution in [2.45, 2.75) is 10.9 Å². The van der Waals surface area contributed by atoms with Gasteiger partial charge in [-0.05, 0) is 24.3 Å². The Kier molecular flexibility index (Phi) is 4.73. The van der Waals surface area contributed by atoms with Crippen molar-refractivity contribution >= 4 is 38.0 Å². The highest BCUT2D eigenvalue weighted by Crippen LogP contribution is 2.23. The number of nitrogens with zero attached hydrogens (tertiary/aromatic N) is 2. The summed E-state index contributed by atoms with van der Waals surface area (Å²) in [5, 5.41) is 18.2. The monoisotopic (exact) mass is 392 g/mol. The van der Waals surface area contributed by atoms with E-state index in [1.165, 1.54) is 24.3 Å². The predicted molar refractivity (Wildman–Crippen MR) is 79.1 cm³/mol. The first-order valence-corrected chi connectivity index (χ1v) is 8.45. The van der Waals surface area contributed by atoms with Crippen molar-refractivity contribution in [3.63, 3.8) is 0 Å². The van der Waals surface area contributed by atoms with Crippen molar-refractivity contribution in [1.82, 2.24) is 9.21 Å². The van der Waals surface area contributed by atoms with Crippen LogP contribution in [0.25, 0.3) is 0 Å². The molecule has 0 spiro atoms. The van der Waals surface area contributed by atoms with Crippen molar-refractivity contribution in [2.75, 3.05) is 19.6 Å². The number of carbonyl (C=O) groups is 2. The van der Waals surface area contributed by atoms with Crippen LogP contribution in [0.15, 0.2) is 33.6 Å². The molecule has 22 heavy (non-hydrogen) atoms. The molecule has 0 aliphatic carbocycles. The highest BCUT2D eigenvalue weighted by Gasteiger charge is 2.41. The van der Waals surface area contributed by atoms with Crippen molar-refractivity contribution in [3.8, 4) is 0 Å². The molecule has 0 bridgehead atoms. The van der Waals surface area contributed by atoms with Crippen LogP contribution < -0.4 is 0 Å². The SMILES string of the molecule is O=C(O)[C@H]1CN(C(=O)O)CCN1S(=O)(=O)c1ccc(Br)cc1. The Hall–Kier alpha value is -1.65. The number of benzene rings is 1. The van der Waals surface area contributed by atoms with E-state index in [-0.39, 0.29) is 18.0 Å². The molecule has 1 aromatic carbocycles. The molecule has 2 N–H and O–H groups in total. The van der Waals surface area contributed by atoms with Gasteiger partial charge in [0.25, 0.3) is 0 Å². The van der Waals surface area contributed by atoms with Gasteiger partial charge in [0.05, 0.1) is 11.4 Å². The van der Waals surface area contributed by atoms with Gasteiger partial charge < -0.3 is 15.1 Å². The number of halogens is 1. The van der Waals surface area contributed by atoms with E-state index in [9.17, 15) is 23.1 Å². The van der Waals surface area contributed by atoms with Crippen molar-refractivity contribution in [2.24, 2.45) is 0 Å². The Morgan fingerprint density at radius 3 is 2.23 bits per heavy atom.